The number of amides is 2. The lowest BCUT2D eigenvalue weighted by Crippen LogP contribution is -2.49. The van der Waals surface area contributed by atoms with E-state index < -0.39 is 23.6 Å². The lowest BCUT2D eigenvalue weighted by Gasteiger charge is -2.23. The Balaban J connectivity index is 1.99. The standard InChI is InChI=1S/C22H29N3O4/c1-22(2,3)28-21(27)24-19(14-11-16-7-5-4-6-8-16)20(26)25-29-18-12-9-17(15-23)10-13-18/h4-10,12-13,19H,11,14-15,23H2,1-3H3,(H,24,27)(H,25,26). The summed E-state index contributed by atoms with van der Waals surface area (Å²) in [5.41, 5.74) is 9.33. The predicted octanol–water partition coefficient (Wildman–Crippen LogP) is 3.08. The minimum atomic E-state index is -0.812. The first-order chi connectivity index (χ1) is 13.8. The molecule has 2 aromatic carbocycles. The fourth-order valence-corrected chi connectivity index (χ4v) is 2.55. The molecular formula is C22H29N3O4. The number of carbonyl (C=O) groups is 2. The molecule has 0 saturated carbocycles. The van der Waals surface area contributed by atoms with E-state index in [1.54, 1.807) is 32.9 Å². The molecule has 0 aliphatic rings. The highest BCUT2D eigenvalue weighted by molar-refractivity contribution is 5.85. The second-order valence-corrected chi connectivity index (χ2v) is 7.64. The van der Waals surface area contributed by atoms with Crippen LogP contribution in [-0.4, -0.2) is 23.6 Å². The molecule has 7 nitrogen and oxygen atoms in total. The molecule has 156 valence electrons. The van der Waals surface area contributed by atoms with E-state index in [9.17, 15) is 9.59 Å². The number of rotatable bonds is 8. The van der Waals surface area contributed by atoms with Crippen LogP contribution >= 0.6 is 0 Å². The average molecular weight is 399 g/mol. The third-order valence-electron chi connectivity index (χ3n) is 4.00. The molecule has 0 radical (unpaired) electrons. The summed E-state index contributed by atoms with van der Waals surface area (Å²) in [6.07, 6.45) is 0.350. The van der Waals surface area contributed by atoms with Crippen LogP contribution in [0.1, 0.15) is 38.3 Å². The Morgan fingerprint density at radius 1 is 1.00 bits per heavy atom. The van der Waals surface area contributed by atoms with E-state index in [2.05, 4.69) is 10.8 Å². The second kappa shape index (κ2) is 10.5. The van der Waals surface area contributed by atoms with Crippen molar-refractivity contribution in [2.75, 3.05) is 0 Å². The van der Waals surface area contributed by atoms with Gasteiger partial charge in [0, 0.05) is 6.54 Å². The Hall–Kier alpha value is -3.06. The van der Waals surface area contributed by atoms with E-state index in [0.717, 1.165) is 11.1 Å². The summed E-state index contributed by atoms with van der Waals surface area (Å²) in [4.78, 5) is 30.1. The Kier molecular flexibility index (Phi) is 8.03. The quantitative estimate of drug-likeness (QED) is 0.592. The number of hydroxylamine groups is 1. The molecule has 2 aromatic rings. The number of benzene rings is 2. The van der Waals surface area contributed by atoms with Gasteiger partial charge in [0.05, 0.1) is 0 Å². The molecule has 0 heterocycles. The molecule has 1 unspecified atom stereocenters. The lowest BCUT2D eigenvalue weighted by atomic mass is 10.1. The van der Waals surface area contributed by atoms with Crippen molar-refractivity contribution in [3.8, 4) is 5.75 Å². The van der Waals surface area contributed by atoms with E-state index in [4.69, 9.17) is 15.3 Å². The smallest absolute Gasteiger partial charge is 0.408 e. The average Bonchev–Trinajstić information content (AvgIpc) is 2.69. The summed E-state index contributed by atoms with van der Waals surface area (Å²) in [6.45, 7) is 5.72. The van der Waals surface area contributed by atoms with Crippen LogP contribution in [0, 0.1) is 0 Å². The molecule has 29 heavy (non-hydrogen) atoms. The molecule has 0 aliphatic heterocycles. The molecule has 4 N–H and O–H groups in total. The number of carbonyl (C=O) groups excluding carboxylic acids is 2. The van der Waals surface area contributed by atoms with Crippen molar-refractivity contribution in [3.05, 3.63) is 65.7 Å². The van der Waals surface area contributed by atoms with Crippen molar-refractivity contribution in [1.29, 1.82) is 0 Å². The molecular weight excluding hydrogens is 370 g/mol. The number of nitrogens with one attached hydrogen (secondary N) is 2. The lowest BCUT2D eigenvalue weighted by molar-refractivity contribution is -0.130. The third-order valence-corrected chi connectivity index (χ3v) is 4.00. The van der Waals surface area contributed by atoms with Gasteiger partial charge in [-0.1, -0.05) is 42.5 Å². The van der Waals surface area contributed by atoms with E-state index in [1.165, 1.54) is 0 Å². The van der Waals surface area contributed by atoms with Crippen molar-refractivity contribution in [2.24, 2.45) is 5.73 Å². The maximum atomic E-state index is 12.6. The number of hydrogen-bond acceptors (Lipinski definition) is 5. The van der Waals surface area contributed by atoms with Crippen LogP contribution in [0.2, 0.25) is 0 Å². The molecule has 0 bridgehead atoms. The van der Waals surface area contributed by atoms with Gasteiger partial charge in [0.2, 0.25) is 0 Å². The maximum Gasteiger partial charge on any atom is 0.408 e. The van der Waals surface area contributed by atoms with Crippen LogP contribution in [0.25, 0.3) is 0 Å². The summed E-state index contributed by atoms with van der Waals surface area (Å²) in [5, 5.41) is 2.63. The zero-order chi connectivity index (χ0) is 21.3. The molecule has 0 aromatic heterocycles. The Labute approximate surface area is 171 Å². The van der Waals surface area contributed by atoms with Gasteiger partial charge in [-0.15, -0.1) is 0 Å². The summed E-state index contributed by atoms with van der Waals surface area (Å²) in [7, 11) is 0. The van der Waals surface area contributed by atoms with Crippen molar-refractivity contribution in [1.82, 2.24) is 10.8 Å². The van der Waals surface area contributed by atoms with Gasteiger partial charge in [-0.05, 0) is 56.9 Å². The van der Waals surface area contributed by atoms with Gasteiger partial charge in [0.15, 0.2) is 5.75 Å². The zero-order valence-electron chi connectivity index (χ0n) is 17.1. The largest absolute Gasteiger partial charge is 0.444 e. The number of nitrogens with two attached hydrogens (primary N) is 1. The molecule has 1 atom stereocenters. The van der Waals surface area contributed by atoms with Crippen LogP contribution in [0.15, 0.2) is 54.6 Å². The maximum absolute atomic E-state index is 12.6. The van der Waals surface area contributed by atoms with E-state index in [-0.39, 0.29) is 0 Å². The van der Waals surface area contributed by atoms with Gasteiger partial charge < -0.3 is 20.6 Å². The Morgan fingerprint density at radius 2 is 1.66 bits per heavy atom. The highest BCUT2D eigenvalue weighted by Gasteiger charge is 2.24. The summed E-state index contributed by atoms with van der Waals surface area (Å²) in [5.74, 6) is 0.00400. The number of aryl methyl sites for hydroxylation is 1. The van der Waals surface area contributed by atoms with Gasteiger partial charge in [-0.3, -0.25) is 4.79 Å². The molecule has 0 spiro atoms. The molecule has 2 rings (SSSR count). The second-order valence-electron chi connectivity index (χ2n) is 7.64. The SMILES string of the molecule is CC(C)(C)OC(=O)NC(CCc1ccccc1)C(=O)NOc1ccc(CN)cc1. The Bertz CT molecular complexity index is 786. The highest BCUT2D eigenvalue weighted by Crippen LogP contribution is 2.12. The molecule has 0 fully saturated rings. The van der Waals surface area contributed by atoms with Gasteiger partial charge in [0.1, 0.15) is 11.6 Å². The predicted molar refractivity (Wildman–Crippen MR) is 111 cm³/mol. The highest BCUT2D eigenvalue weighted by atomic mass is 16.7. The minimum absolute atomic E-state index is 0.393. The van der Waals surface area contributed by atoms with Crippen LogP contribution < -0.4 is 21.4 Å². The number of alkyl carbamates (subject to hydrolysis) is 1. The van der Waals surface area contributed by atoms with Gasteiger partial charge in [-0.2, -0.15) is 5.48 Å². The third kappa shape index (κ3) is 8.23. The van der Waals surface area contributed by atoms with Crippen LogP contribution in [0.3, 0.4) is 0 Å². The molecule has 2 amide bonds. The van der Waals surface area contributed by atoms with Crippen LogP contribution in [0.5, 0.6) is 5.75 Å². The minimum Gasteiger partial charge on any atom is -0.444 e. The summed E-state index contributed by atoms with van der Waals surface area (Å²) < 4.78 is 5.28. The fourth-order valence-electron chi connectivity index (χ4n) is 2.55. The van der Waals surface area contributed by atoms with Crippen molar-refractivity contribution < 1.29 is 19.2 Å². The van der Waals surface area contributed by atoms with Crippen LogP contribution in [0.4, 0.5) is 4.79 Å². The summed E-state index contributed by atoms with van der Waals surface area (Å²) in [6, 6.07) is 16.0. The van der Waals surface area contributed by atoms with Crippen molar-refractivity contribution >= 4 is 12.0 Å². The van der Waals surface area contributed by atoms with Crippen molar-refractivity contribution in [3.63, 3.8) is 0 Å². The summed E-state index contributed by atoms with van der Waals surface area (Å²) >= 11 is 0. The van der Waals surface area contributed by atoms with Crippen LogP contribution in [-0.2, 0) is 22.5 Å². The first-order valence-corrected chi connectivity index (χ1v) is 9.56. The fraction of sp³-hybridized carbons (Fsp3) is 0.364. The normalized spacial score (nSPS) is 12.0. The van der Waals surface area contributed by atoms with Gasteiger partial charge >= 0.3 is 6.09 Å². The van der Waals surface area contributed by atoms with Gasteiger partial charge in [-0.25, -0.2) is 4.79 Å². The van der Waals surface area contributed by atoms with E-state index in [0.29, 0.717) is 25.1 Å². The first kappa shape index (κ1) is 22.2. The zero-order valence-corrected chi connectivity index (χ0v) is 17.1. The van der Waals surface area contributed by atoms with E-state index in [1.807, 2.05) is 42.5 Å². The Morgan fingerprint density at radius 3 is 2.24 bits per heavy atom. The first-order valence-electron chi connectivity index (χ1n) is 9.56. The number of ether oxygens (including phenoxy) is 1. The molecule has 7 heteroatoms. The molecule has 0 aliphatic carbocycles. The molecule has 0 saturated heterocycles. The van der Waals surface area contributed by atoms with Gasteiger partial charge in [0.25, 0.3) is 5.91 Å². The topological polar surface area (TPSA) is 103 Å². The van der Waals surface area contributed by atoms with E-state index >= 15 is 0 Å². The number of hydrogen-bond donors (Lipinski definition) is 3. The monoisotopic (exact) mass is 399 g/mol. The van der Waals surface area contributed by atoms with Crippen molar-refractivity contribution in [2.45, 2.75) is 51.8 Å².